The normalized spacial score (nSPS) is 15.7. The highest BCUT2D eigenvalue weighted by molar-refractivity contribution is 6.30. The summed E-state index contributed by atoms with van der Waals surface area (Å²) in [5.74, 6) is -0.369. The van der Waals surface area contributed by atoms with Gasteiger partial charge in [0.25, 0.3) is 0 Å². The van der Waals surface area contributed by atoms with E-state index in [4.69, 9.17) is 11.6 Å². The van der Waals surface area contributed by atoms with Crippen LogP contribution in [0.1, 0.15) is 31.7 Å². The van der Waals surface area contributed by atoms with E-state index in [2.05, 4.69) is 20.6 Å². The van der Waals surface area contributed by atoms with Gasteiger partial charge in [-0.25, -0.2) is 0 Å². The quantitative estimate of drug-likeness (QED) is 0.722. The van der Waals surface area contributed by atoms with Gasteiger partial charge in [0.15, 0.2) is 0 Å². The van der Waals surface area contributed by atoms with Crippen LogP contribution in [0.4, 0.5) is 11.4 Å². The average molecular weight is 418 g/mol. The number of carbonyl (C=O) groups excluding carboxylic acids is 2. The van der Waals surface area contributed by atoms with Gasteiger partial charge in [-0.3, -0.25) is 19.2 Å². The van der Waals surface area contributed by atoms with Crippen molar-refractivity contribution < 1.29 is 9.59 Å². The molecule has 2 heterocycles. The summed E-state index contributed by atoms with van der Waals surface area (Å²) in [6, 6.07) is 5.50. The molecule has 2 N–H and O–H groups in total. The first-order chi connectivity index (χ1) is 13.9. The lowest BCUT2D eigenvalue weighted by Crippen LogP contribution is -2.36. The highest BCUT2D eigenvalue weighted by Crippen LogP contribution is 2.21. The van der Waals surface area contributed by atoms with E-state index in [9.17, 15) is 9.59 Å². The van der Waals surface area contributed by atoms with Crippen molar-refractivity contribution >= 4 is 34.8 Å². The van der Waals surface area contributed by atoms with E-state index in [1.807, 2.05) is 26.0 Å². The standard InChI is InChI=1S/C21H28ClN5O2/c1-15-10-18(24-21(29)16(2)12-27-13-17(22)11-23-27)6-7-19(15)25-20(28)14-26-8-4-3-5-9-26/h6-7,10-11,13,16H,3-5,8-9,12,14H2,1-2H3,(H,24,29)(H,25,28)/t16-/m1/s1. The number of hydrogen-bond donors (Lipinski definition) is 2. The third-order valence-corrected chi connectivity index (χ3v) is 5.29. The summed E-state index contributed by atoms with van der Waals surface area (Å²) in [4.78, 5) is 27.0. The zero-order valence-electron chi connectivity index (χ0n) is 16.9. The highest BCUT2D eigenvalue weighted by atomic mass is 35.5. The Morgan fingerprint density at radius 1 is 1.21 bits per heavy atom. The Hall–Kier alpha value is -2.38. The zero-order valence-corrected chi connectivity index (χ0v) is 17.7. The van der Waals surface area contributed by atoms with Gasteiger partial charge in [0, 0.05) is 17.6 Å². The number of anilines is 2. The molecule has 0 spiro atoms. The molecule has 0 radical (unpaired) electrons. The van der Waals surface area contributed by atoms with Gasteiger partial charge < -0.3 is 10.6 Å². The Labute approximate surface area is 176 Å². The number of piperidine rings is 1. The van der Waals surface area contributed by atoms with Gasteiger partial charge in [0.2, 0.25) is 11.8 Å². The van der Waals surface area contributed by atoms with Gasteiger partial charge in [-0.05, 0) is 56.6 Å². The molecule has 2 amide bonds. The molecule has 0 unspecified atom stereocenters. The van der Waals surface area contributed by atoms with Crippen molar-refractivity contribution in [2.45, 2.75) is 39.7 Å². The average Bonchev–Trinajstić information content (AvgIpc) is 3.09. The molecule has 1 fully saturated rings. The van der Waals surface area contributed by atoms with Crippen LogP contribution in [0.15, 0.2) is 30.6 Å². The van der Waals surface area contributed by atoms with Crippen LogP contribution in [0.2, 0.25) is 5.02 Å². The number of amides is 2. The van der Waals surface area contributed by atoms with Gasteiger partial charge in [0.1, 0.15) is 0 Å². The van der Waals surface area contributed by atoms with Gasteiger partial charge >= 0.3 is 0 Å². The first-order valence-corrected chi connectivity index (χ1v) is 10.4. The van der Waals surface area contributed by atoms with E-state index in [-0.39, 0.29) is 17.7 Å². The fourth-order valence-corrected chi connectivity index (χ4v) is 3.62. The summed E-state index contributed by atoms with van der Waals surface area (Å²) in [6.45, 7) is 6.60. The molecule has 1 saturated heterocycles. The fraction of sp³-hybridized carbons (Fsp3) is 0.476. The maximum absolute atomic E-state index is 12.5. The summed E-state index contributed by atoms with van der Waals surface area (Å²) in [6.07, 6.45) is 6.81. The minimum atomic E-state index is -0.268. The van der Waals surface area contributed by atoms with E-state index in [1.165, 1.54) is 6.42 Å². The van der Waals surface area contributed by atoms with E-state index in [0.717, 1.165) is 37.2 Å². The largest absolute Gasteiger partial charge is 0.326 e. The van der Waals surface area contributed by atoms with E-state index >= 15 is 0 Å². The monoisotopic (exact) mass is 417 g/mol. The lowest BCUT2D eigenvalue weighted by molar-refractivity contribution is -0.120. The number of nitrogens with one attached hydrogen (secondary N) is 2. The molecule has 1 aliphatic rings. The van der Waals surface area contributed by atoms with Crippen molar-refractivity contribution in [3.8, 4) is 0 Å². The summed E-state index contributed by atoms with van der Waals surface area (Å²) in [5, 5.41) is 10.5. The van der Waals surface area contributed by atoms with E-state index < -0.39 is 0 Å². The highest BCUT2D eigenvalue weighted by Gasteiger charge is 2.16. The lowest BCUT2D eigenvalue weighted by Gasteiger charge is -2.25. The molecule has 1 atom stereocenters. The van der Waals surface area contributed by atoms with E-state index in [1.54, 1.807) is 23.1 Å². The maximum Gasteiger partial charge on any atom is 0.238 e. The number of aromatic nitrogens is 2. The van der Waals surface area contributed by atoms with Crippen LogP contribution in [0.25, 0.3) is 0 Å². The van der Waals surface area contributed by atoms with Crippen LogP contribution in [0.3, 0.4) is 0 Å². The molecule has 1 aromatic carbocycles. The fourth-order valence-electron chi connectivity index (χ4n) is 3.46. The lowest BCUT2D eigenvalue weighted by atomic mass is 10.1. The molecule has 0 aliphatic carbocycles. The third-order valence-electron chi connectivity index (χ3n) is 5.09. The van der Waals surface area contributed by atoms with Crippen LogP contribution in [0, 0.1) is 12.8 Å². The Balaban J connectivity index is 1.52. The van der Waals surface area contributed by atoms with Gasteiger partial charge in [-0.2, -0.15) is 5.10 Å². The SMILES string of the molecule is Cc1cc(NC(=O)[C@H](C)Cn2cc(Cl)cn2)ccc1NC(=O)CN1CCCCC1. The topological polar surface area (TPSA) is 79.3 Å². The number of nitrogens with zero attached hydrogens (tertiary/aromatic N) is 3. The van der Waals surface area contributed by atoms with Gasteiger partial charge in [-0.1, -0.05) is 24.9 Å². The van der Waals surface area contributed by atoms with Crippen LogP contribution in [-0.4, -0.2) is 46.1 Å². The van der Waals surface area contributed by atoms with Crippen molar-refractivity contribution in [1.82, 2.24) is 14.7 Å². The Morgan fingerprint density at radius 3 is 2.62 bits per heavy atom. The van der Waals surface area contributed by atoms with Crippen molar-refractivity contribution in [3.05, 3.63) is 41.2 Å². The molecule has 1 aliphatic heterocycles. The number of halogens is 1. The first kappa shape index (κ1) is 21.3. The van der Waals surface area contributed by atoms with Gasteiger partial charge in [0.05, 0.1) is 30.2 Å². The molecule has 0 saturated carbocycles. The van der Waals surface area contributed by atoms with Crippen LogP contribution >= 0.6 is 11.6 Å². The van der Waals surface area contributed by atoms with Crippen molar-refractivity contribution in [3.63, 3.8) is 0 Å². The van der Waals surface area contributed by atoms with Gasteiger partial charge in [-0.15, -0.1) is 0 Å². The van der Waals surface area contributed by atoms with Crippen LogP contribution < -0.4 is 10.6 Å². The number of likely N-dealkylation sites (tertiary alicyclic amines) is 1. The van der Waals surface area contributed by atoms with Crippen molar-refractivity contribution in [1.29, 1.82) is 0 Å². The first-order valence-electron chi connectivity index (χ1n) is 10.0. The summed E-state index contributed by atoms with van der Waals surface area (Å²) in [7, 11) is 0. The molecule has 156 valence electrons. The predicted octanol–water partition coefficient (Wildman–Crippen LogP) is 3.54. The molecule has 7 nitrogen and oxygen atoms in total. The Bertz CT molecular complexity index is 861. The Kier molecular flexibility index (Phi) is 7.28. The Morgan fingerprint density at radius 2 is 1.97 bits per heavy atom. The maximum atomic E-state index is 12.5. The van der Waals surface area contributed by atoms with Crippen molar-refractivity contribution in [2.24, 2.45) is 5.92 Å². The van der Waals surface area contributed by atoms with Crippen molar-refractivity contribution in [2.75, 3.05) is 30.3 Å². The van der Waals surface area contributed by atoms with E-state index in [0.29, 0.717) is 23.8 Å². The summed E-state index contributed by atoms with van der Waals surface area (Å²) in [5.41, 5.74) is 2.37. The number of carbonyl (C=O) groups is 2. The zero-order chi connectivity index (χ0) is 20.8. The molecule has 0 bridgehead atoms. The van der Waals surface area contributed by atoms with Crippen LogP contribution in [-0.2, 0) is 16.1 Å². The van der Waals surface area contributed by atoms with Crippen LogP contribution in [0.5, 0.6) is 0 Å². The second kappa shape index (κ2) is 9.89. The minimum Gasteiger partial charge on any atom is -0.326 e. The number of hydrogen-bond acceptors (Lipinski definition) is 4. The molecule has 8 heteroatoms. The molecule has 1 aromatic heterocycles. The smallest absolute Gasteiger partial charge is 0.238 e. The summed E-state index contributed by atoms with van der Waals surface area (Å²) < 4.78 is 1.65. The minimum absolute atomic E-state index is 0.00158. The molecule has 2 aromatic rings. The second-order valence-electron chi connectivity index (χ2n) is 7.69. The third kappa shape index (κ3) is 6.30. The summed E-state index contributed by atoms with van der Waals surface area (Å²) >= 11 is 5.86. The number of rotatable bonds is 7. The number of benzene rings is 1. The number of aryl methyl sites for hydroxylation is 1. The molecule has 29 heavy (non-hydrogen) atoms. The molecular formula is C21H28ClN5O2. The molecular weight excluding hydrogens is 390 g/mol. The second-order valence-corrected chi connectivity index (χ2v) is 8.12. The molecule has 3 rings (SSSR count). The predicted molar refractivity (Wildman–Crippen MR) is 115 cm³/mol.